The molecule has 0 aliphatic heterocycles. The minimum absolute atomic E-state index is 0.117. The first kappa shape index (κ1) is 17.1. The van der Waals surface area contributed by atoms with E-state index in [9.17, 15) is 9.59 Å². The lowest BCUT2D eigenvalue weighted by Gasteiger charge is -2.11. The van der Waals surface area contributed by atoms with E-state index in [-0.39, 0.29) is 17.6 Å². The molecule has 134 valence electrons. The van der Waals surface area contributed by atoms with Gasteiger partial charge in [-0.05, 0) is 29.8 Å². The smallest absolute Gasteiger partial charge is 0.280 e. The standard InChI is InChI=1S/C19H14ClN5O2/c1-24-17-15(10-22-16(23-17)13-5-3-7-21-9-13)18(26)25(19(24)27)11-12-4-2-6-14(20)8-12/h2-10H,11H2,1H3. The van der Waals surface area contributed by atoms with E-state index < -0.39 is 11.2 Å². The molecule has 8 heteroatoms. The van der Waals surface area contributed by atoms with Gasteiger partial charge in [0.2, 0.25) is 0 Å². The number of fused-ring (bicyclic) bond motifs is 1. The third kappa shape index (κ3) is 3.13. The molecule has 4 rings (SSSR count). The van der Waals surface area contributed by atoms with Crippen molar-refractivity contribution in [3.05, 3.63) is 86.4 Å². The molecule has 0 saturated carbocycles. The number of aryl methyl sites for hydroxylation is 1. The van der Waals surface area contributed by atoms with Crippen molar-refractivity contribution in [1.29, 1.82) is 0 Å². The first-order valence-corrected chi connectivity index (χ1v) is 8.54. The van der Waals surface area contributed by atoms with Crippen molar-refractivity contribution in [2.24, 2.45) is 7.05 Å². The van der Waals surface area contributed by atoms with Gasteiger partial charge in [-0.15, -0.1) is 0 Å². The molecule has 0 spiro atoms. The number of rotatable bonds is 3. The molecule has 0 saturated heterocycles. The minimum atomic E-state index is -0.455. The van der Waals surface area contributed by atoms with Gasteiger partial charge >= 0.3 is 5.69 Å². The maximum Gasteiger partial charge on any atom is 0.332 e. The van der Waals surface area contributed by atoms with E-state index in [1.54, 1.807) is 43.7 Å². The average molecular weight is 380 g/mol. The summed E-state index contributed by atoms with van der Waals surface area (Å²) in [6.07, 6.45) is 4.72. The summed E-state index contributed by atoms with van der Waals surface area (Å²) >= 11 is 6.00. The van der Waals surface area contributed by atoms with Crippen molar-refractivity contribution in [1.82, 2.24) is 24.1 Å². The second kappa shape index (κ2) is 6.77. The average Bonchev–Trinajstić information content (AvgIpc) is 2.70. The predicted molar refractivity (Wildman–Crippen MR) is 103 cm³/mol. The number of hydrogen-bond acceptors (Lipinski definition) is 5. The van der Waals surface area contributed by atoms with Gasteiger partial charge in [0.25, 0.3) is 5.56 Å². The van der Waals surface area contributed by atoms with E-state index >= 15 is 0 Å². The monoisotopic (exact) mass is 379 g/mol. The Morgan fingerprint density at radius 3 is 2.70 bits per heavy atom. The second-order valence-corrected chi connectivity index (χ2v) is 6.47. The zero-order valence-corrected chi connectivity index (χ0v) is 15.1. The summed E-state index contributed by atoms with van der Waals surface area (Å²) in [7, 11) is 1.58. The Hall–Kier alpha value is -3.32. The van der Waals surface area contributed by atoms with E-state index in [1.165, 1.54) is 10.8 Å². The van der Waals surface area contributed by atoms with Crippen molar-refractivity contribution < 1.29 is 0 Å². The van der Waals surface area contributed by atoms with Crippen LogP contribution in [0, 0.1) is 0 Å². The molecule has 4 aromatic rings. The highest BCUT2D eigenvalue weighted by atomic mass is 35.5. The van der Waals surface area contributed by atoms with E-state index in [2.05, 4.69) is 15.0 Å². The Labute approximate surface area is 158 Å². The van der Waals surface area contributed by atoms with Crippen molar-refractivity contribution in [2.45, 2.75) is 6.54 Å². The molecule has 0 atom stereocenters. The van der Waals surface area contributed by atoms with E-state index in [0.29, 0.717) is 16.4 Å². The zero-order valence-electron chi connectivity index (χ0n) is 14.3. The number of aromatic nitrogens is 5. The fourth-order valence-corrected chi connectivity index (χ4v) is 3.09. The van der Waals surface area contributed by atoms with Crippen molar-refractivity contribution >= 4 is 22.6 Å². The largest absolute Gasteiger partial charge is 0.332 e. The lowest BCUT2D eigenvalue weighted by molar-refractivity contribution is 0.656. The fourth-order valence-electron chi connectivity index (χ4n) is 2.87. The molecule has 3 aromatic heterocycles. The molecule has 0 aliphatic rings. The minimum Gasteiger partial charge on any atom is -0.280 e. The number of benzene rings is 1. The van der Waals surface area contributed by atoms with Crippen LogP contribution in [0.3, 0.4) is 0 Å². The molecule has 0 bridgehead atoms. The summed E-state index contributed by atoms with van der Waals surface area (Å²) in [4.78, 5) is 38.3. The molecule has 0 amide bonds. The lowest BCUT2D eigenvalue weighted by Crippen LogP contribution is -2.39. The highest BCUT2D eigenvalue weighted by molar-refractivity contribution is 6.30. The summed E-state index contributed by atoms with van der Waals surface area (Å²) in [5.41, 5.74) is 0.847. The third-order valence-electron chi connectivity index (χ3n) is 4.23. The van der Waals surface area contributed by atoms with Crippen LogP contribution in [0.15, 0.2) is 64.6 Å². The van der Waals surface area contributed by atoms with Gasteiger partial charge in [0.15, 0.2) is 11.5 Å². The van der Waals surface area contributed by atoms with Crippen molar-refractivity contribution in [3.63, 3.8) is 0 Å². The molecule has 0 radical (unpaired) electrons. The van der Waals surface area contributed by atoms with Crippen LogP contribution in [-0.4, -0.2) is 24.1 Å². The topological polar surface area (TPSA) is 82.7 Å². The number of nitrogens with zero attached hydrogens (tertiary/aromatic N) is 5. The zero-order chi connectivity index (χ0) is 19.0. The Bertz CT molecular complexity index is 1260. The highest BCUT2D eigenvalue weighted by Crippen LogP contribution is 2.15. The van der Waals surface area contributed by atoms with Crippen LogP contribution in [-0.2, 0) is 13.6 Å². The number of pyridine rings is 1. The maximum atomic E-state index is 12.9. The number of halogens is 1. The molecule has 0 aliphatic carbocycles. The molecular formula is C19H14ClN5O2. The molecule has 1 aromatic carbocycles. The van der Waals surface area contributed by atoms with Gasteiger partial charge in [0, 0.05) is 36.2 Å². The van der Waals surface area contributed by atoms with Crippen LogP contribution in [0.25, 0.3) is 22.4 Å². The Kier molecular flexibility index (Phi) is 4.29. The van der Waals surface area contributed by atoms with Crippen molar-refractivity contribution in [3.8, 4) is 11.4 Å². The normalized spacial score (nSPS) is 11.0. The first-order valence-electron chi connectivity index (χ1n) is 8.16. The van der Waals surface area contributed by atoms with Gasteiger partial charge in [0.05, 0.1) is 6.54 Å². The molecule has 0 N–H and O–H groups in total. The van der Waals surface area contributed by atoms with Gasteiger partial charge in [-0.2, -0.15) is 0 Å². The van der Waals surface area contributed by atoms with E-state index in [1.807, 2.05) is 12.1 Å². The predicted octanol–water partition coefficient (Wildman–Crippen LogP) is 2.25. The van der Waals surface area contributed by atoms with Gasteiger partial charge < -0.3 is 0 Å². The number of hydrogen-bond donors (Lipinski definition) is 0. The van der Waals surface area contributed by atoms with Crippen LogP contribution < -0.4 is 11.2 Å². The van der Waals surface area contributed by atoms with Gasteiger partial charge in [-0.1, -0.05) is 23.7 Å². The molecular weight excluding hydrogens is 366 g/mol. The summed E-state index contributed by atoms with van der Waals surface area (Å²) in [5, 5.41) is 0.814. The van der Waals surface area contributed by atoms with Crippen LogP contribution in [0.1, 0.15) is 5.56 Å². The summed E-state index contributed by atoms with van der Waals surface area (Å²) < 4.78 is 2.50. The molecule has 3 heterocycles. The highest BCUT2D eigenvalue weighted by Gasteiger charge is 2.14. The molecule has 0 fully saturated rings. The van der Waals surface area contributed by atoms with Crippen LogP contribution in [0.4, 0.5) is 0 Å². The lowest BCUT2D eigenvalue weighted by atomic mass is 10.2. The SMILES string of the molecule is Cn1c(=O)n(Cc2cccc(Cl)c2)c(=O)c2cnc(-c3cccnc3)nc21. The van der Waals surface area contributed by atoms with Gasteiger partial charge in [-0.25, -0.2) is 14.8 Å². The van der Waals surface area contributed by atoms with Crippen LogP contribution >= 0.6 is 11.6 Å². The quantitative estimate of drug-likeness (QED) is 0.545. The molecule has 7 nitrogen and oxygen atoms in total. The third-order valence-corrected chi connectivity index (χ3v) is 4.46. The van der Waals surface area contributed by atoms with Gasteiger partial charge in [0.1, 0.15) is 5.39 Å². The van der Waals surface area contributed by atoms with Crippen LogP contribution in [0.2, 0.25) is 5.02 Å². The molecule has 0 unspecified atom stereocenters. The van der Waals surface area contributed by atoms with Crippen LogP contribution in [0.5, 0.6) is 0 Å². The summed E-state index contributed by atoms with van der Waals surface area (Å²) in [6.45, 7) is 0.117. The fraction of sp³-hybridized carbons (Fsp3) is 0.105. The summed E-state index contributed by atoms with van der Waals surface area (Å²) in [5.74, 6) is 0.401. The Morgan fingerprint density at radius 1 is 1.11 bits per heavy atom. The Balaban J connectivity index is 1.89. The summed E-state index contributed by atoms with van der Waals surface area (Å²) in [6, 6.07) is 10.6. The maximum absolute atomic E-state index is 12.9. The molecule has 27 heavy (non-hydrogen) atoms. The first-order chi connectivity index (χ1) is 13.0. The van der Waals surface area contributed by atoms with Crippen molar-refractivity contribution in [2.75, 3.05) is 0 Å². The Morgan fingerprint density at radius 2 is 1.96 bits per heavy atom. The van der Waals surface area contributed by atoms with Gasteiger partial charge in [-0.3, -0.25) is 18.9 Å². The van der Waals surface area contributed by atoms with E-state index in [0.717, 1.165) is 10.1 Å². The second-order valence-electron chi connectivity index (χ2n) is 6.04. The van der Waals surface area contributed by atoms with E-state index in [4.69, 9.17) is 11.6 Å².